The van der Waals surface area contributed by atoms with Gasteiger partial charge < -0.3 is 10.6 Å². The van der Waals surface area contributed by atoms with E-state index < -0.39 is 35.4 Å². The van der Waals surface area contributed by atoms with Crippen molar-refractivity contribution >= 4 is 23.8 Å². The van der Waals surface area contributed by atoms with Gasteiger partial charge in [0, 0.05) is 19.4 Å². The lowest BCUT2D eigenvalue weighted by atomic mass is 9.99. The molecule has 31 heavy (non-hydrogen) atoms. The van der Waals surface area contributed by atoms with E-state index in [1.54, 1.807) is 6.92 Å². The zero-order chi connectivity index (χ0) is 24.2. The predicted molar refractivity (Wildman–Crippen MR) is 116 cm³/mol. The average molecular weight is 445 g/mol. The molecule has 0 aromatic rings. The molecule has 0 bridgehead atoms. The molecular formula is C21H40N4O6. The first-order valence-electron chi connectivity index (χ1n) is 10.8. The van der Waals surface area contributed by atoms with Crippen LogP contribution in [-0.2, 0) is 19.2 Å². The van der Waals surface area contributed by atoms with Gasteiger partial charge in [0.15, 0.2) is 0 Å². The van der Waals surface area contributed by atoms with E-state index in [-0.39, 0.29) is 23.8 Å². The fourth-order valence-electron chi connectivity index (χ4n) is 2.56. The van der Waals surface area contributed by atoms with Crippen molar-refractivity contribution in [2.24, 2.45) is 11.8 Å². The summed E-state index contributed by atoms with van der Waals surface area (Å²) in [6.07, 6.45) is 2.70. The number of nitrogens with one attached hydrogen (secondary N) is 3. The largest absolute Gasteiger partial charge is 0.357 e. The molecule has 0 rings (SSSR count). The standard InChI is InChI=1S/C21H40N4O6/c1-14(2)12-13-15(3)19(28)25(30)20(29)23-16(18(27)22-7)10-8-9-11-17(26)24-31-21(4,5)6/h14-16,30H,8-13H2,1-7H3,(H,22,27)(H,23,29)(H,24,26)/t15-,16-/m0/s1. The molecule has 0 fully saturated rings. The summed E-state index contributed by atoms with van der Waals surface area (Å²) >= 11 is 0. The smallest absolute Gasteiger partial charge is 0.349 e. The van der Waals surface area contributed by atoms with Gasteiger partial charge in [-0.25, -0.2) is 10.3 Å². The molecule has 0 aliphatic carbocycles. The molecular weight excluding hydrogens is 404 g/mol. The Hall–Kier alpha value is -2.20. The molecule has 0 heterocycles. The Labute approximate surface area is 185 Å². The summed E-state index contributed by atoms with van der Waals surface area (Å²) in [5.74, 6) is -1.58. The van der Waals surface area contributed by atoms with Crippen LogP contribution in [0.1, 0.15) is 80.1 Å². The van der Waals surface area contributed by atoms with Crippen molar-refractivity contribution < 1.29 is 29.2 Å². The number of hydrogen-bond acceptors (Lipinski definition) is 6. The Bertz CT molecular complexity index is 603. The number of unbranched alkanes of at least 4 members (excludes halogenated alkanes) is 1. The summed E-state index contributed by atoms with van der Waals surface area (Å²) in [6, 6.07) is -1.99. The number of rotatable bonds is 12. The minimum Gasteiger partial charge on any atom is -0.357 e. The normalized spacial score (nSPS) is 13.3. The third-order valence-electron chi connectivity index (χ3n) is 4.48. The maximum absolute atomic E-state index is 12.3. The van der Waals surface area contributed by atoms with E-state index >= 15 is 0 Å². The molecule has 180 valence electrons. The summed E-state index contributed by atoms with van der Waals surface area (Å²) < 4.78 is 0. The van der Waals surface area contributed by atoms with E-state index in [1.165, 1.54) is 7.05 Å². The van der Waals surface area contributed by atoms with Crippen LogP contribution in [0.3, 0.4) is 0 Å². The quantitative estimate of drug-likeness (QED) is 0.207. The van der Waals surface area contributed by atoms with Crippen LogP contribution in [0.15, 0.2) is 0 Å². The van der Waals surface area contributed by atoms with E-state index in [1.807, 2.05) is 34.6 Å². The second-order valence-corrected chi connectivity index (χ2v) is 9.12. The fraction of sp³-hybridized carbons (Fsp3) is 0.810. The first kappa shape index (κ1) is 28.8. The third kappa shape index (κ3) is 13.0. The molecule has 0 aromatic carbocycles. The van der Waals surface area contributed by atoms with E-state index in [0.717, 1.165) is 6.42 Å². The van der Waals surface area contributed by atoms with Gasteiger partial charge in [-0.2, -0.15) is 0 Å². The summed E-state index contributed by atoms with van der Waals surface area (Å²) in [6.45, 7) is 11.1. The van der Waals surface area contributed by atoms with Gasteiger partial charge in [0.2, 0.25) is 11.8 Å². The van der Waals surface area contributed by atoms with E-state index in [4.69, 9.17) is 4.84 Å². The summed E-state index contributed by atoms with van der Waals surface area (Å²) in [4.78, 5) is 53.5. The van der Waals surface area contributed by atoms with Crippen LogP contribution in [0.2, 0.25) is 0 Å². The molecule has 4 N–H and O–H groups in total. The molecule has 10 nitrogen and oxygen atoms in total. The molecule has 0 aliphatic heterocycles. The Morgan fingerprint density at radius 1 is 1.00 bits per heavy atom. The maximum atomic E-state index is 12.3. The summed E-state index contributed by atoms with van der Waals surface area (Å²) in [5, 5.41) is 14.8. The Kier molecular flexibility index (Phi) is 13.0. The molecule has 2 atom stereocenters. The first-order valence-corrected chi connectivity index (χ1v) is 10.8. The van der Waals surface area contributed by atoms with Gasteiger partial charge in [-0.15, -0.1) is 5.06 Å². The average Bonchev–Trinajstić information content (AvgIpc) is 2.69. The lowest BCUT2D eigenvalue weighted by Crippen LogP contribution is -2.52. The second kappa shape index (κ2) is 14.0. The SMILES string of the molecule is CNC(=O)[C@H](CCCCC(=O)NOC(C)(C)C)NC(=O)N(O)C(=O)[C@@H](C)CCC(C)C. The van der Waals surface area contributed by atoms with Gasteiger partial charge >= 0.3 is 6.03 Å². The van der Waals surface area contributed by atoms with Gasteiger partial charge in [0.25, 0.3) is 5.91 Å². The molecule has 0 spiro atoms. The maximum Gasteiger partial charge on any atom is 0.349 e. The Morgan fingerprint density at radius 2 is 1.61 bits per heavy atom. The van der Waals surface area contributed by atoms with E-state index in [0.29, 0.717) is 25.2 Å². The lowest BCUT2D eigenvalue weighted by Gasteiger charge is -2.22. The summed E-state index contributed by atoms with van der Waals surface area (Å²) in [5.41, 5.74) is 1.87. The highest BCUT2D eigenvalue weighted by molar-refractivity contribution is 5.96. The molecule has 0 unspecified atom stereocenters. The Morgan fingerprint density at radius 3 is 2.13 bits per heavy atom. The van der Waals surface area contributed by atoms with Crippen molar-refractivity contribution in [1.29, 1.82) is 0 Å². The van der Waals surface area contributed by atoms with Crippen molar-refractivity contribution in [2.75, 3.05) is 7.05 Å². The zero-order valence-corrected chi connectivity index (χ0v) is 19.9. The highest BCUT2D eigenvalue weighted by atomic mass is 16.7. The molecule has 0 radical (unpaired) electrons. The number of carbonyl (C=O) groups is 4. The van der Waals surface area contributed by atoms with Crippen LogP contribution in [0, 0.1) is 11.8 Å². The molecule has 5 amide bonds. The van der Waals surface area contributed by atoms with Gasteiger partial charge in [0.05, 0.1) is 5.60 Å². The van der Waals surface area contributed by atoms with Gasteiger partial charge in [-0.1, -0.05) is 33.6 Å². The van der Waals surface area contributed by atoms with Gasteiger partial charge in [-0.3, -0.25) is 24.4 Å². The van der Waals surface area contributed by atoms with Crippen LogP contribution in [-0.4, -0.2) is 52.7 Å². The van der Waals surface area contributed by atoms with Crippen LogP contribution in [0.4, 0.5) is 4.79 Å². The number of urea groups is 1. The van der Waals surface area contributed by atoms with Crippen molar-refractivity contribution in [2.45, 2.75) is 91.7 Å². The number of hydroxylamine groups is 3. The third-order valence-corrected chi connectivity index (χ3v) is 4.48. The number of hydrogen-bond donors (Lipinski definition) is 4. The predicted octanol–water partition coefficient (Wildman–Crippen LogP) is 2.51. The van der Waals surface area contributed by atoms with Crippen molar-refractivity contribution in [1.82, 2.24) is 21.2 Å². The van der Waals surface area contributed by atoms with Crippen molar-refractivity contribution in [3.8, 4) is 0 Å². The molecule has 0 saturated heterocycles. The molecule has 0 saturated carbocycles. The topological polar surface area (TPSA) is 137 Å². The number of amides is 5. The van der Waals surface area contributed by atoms with Crippen molar-refractivity contribution in [3.05, 3.63) is 0 Å². The molecule has 10 heteroatoms. The van der Waals surface area contributed by atoms with E-state index in [2.05, 4.69) is 16.1 Å². The zero-order valence-electron chi connectivity index (χ0n) is 19.9. The highest BCUT2D eigenvalue weighted by Gasteiger charge is 2.28. The number of carbonyl (C=O) groups excluding carboxylic acids is 4. The van der Waals surface area contributed by atoms with Crippen molar-refractivity contribution in [3.63, 3.8) is 0 Å². The lowest BCUT2D eigenvalue weighted by molar-refractivity contribution is -0.157. The molecule has 0 aromatic heterocycles. The fourth-order valence-corrected chi connectivity index (χ4v) is 2.56. The highest BCUT2D eigenvalue weighted by Crippen LogP contribution is 2.14. The minimum atomic E-state index is -1.05. The monoisotopic (exact) mass is 444 g/mol. The first-order chi connectivity index (χ1) is 14.3. The van der Waals surface area contributed by atoms with Crippen LogP contribution >= 0.6 is 0 Å². The van der Waals surface area contributed by atoms with Gasteiger partial charge in [-0.05, 0) is 46.0 Å². The van der Waals surface area contributed by atoms with E-state index in [9.17, 15) is 24.4 Å². The summed E-state index contributed by atoms with van der Waals surface area (Å²) in [7, 11) is 1.43. The van der Waals surface area contributed by atoms with Gasteiger partial charge in [0.1, 0.15) is 6.04 Å². The number of likely N-dealkylation sites (N-methyl/N-ethyl adjacent to an activating group) is 1. The van der Waals surface area contributed by atoms with Crippen LogP contribution < -0.4 is 16.1 Å². The molecule has 0 aliphatic rings. The van der Waals surface area contributed by atoms with Crippen LogP contribution in [0.25, 0.3) is 0 Å². The number of nitrogens with zero attached hydrogens (tertiary/aromatic N) is 1. The minimum absolute atomic E-state index is 0.0399. The second-order valence-electron chi connectivity index (χ2n) is 9.12. The number of imide groups is 1. The Balaban J connectivity index is 4.61. The van der Waals surface area contributed by atoms with Crippen LogP contribution in [0.5, 0.6) is 0 Å².